The van der Waals surface area contributed by atoms with Gasteiger partial charge >= 0.3 is 0 Å². The van der Waals surface area contributed by atoms with Crippen LogP contribution < -0.4 is 0 Å². The van der Waals surface area contributed by atoms with E-state index in [-0.39, 0.29) is 17.8 Å². The summed E-state index contributed by atoms with van der Waals surface area (Å²) in [5.74, 6) is 4.78. The molecule has 4 aromatic rings. The second-order valence-corrected chi connectivity index (χ2v) is 15.3. The average Bonchev–Trinajstić information content (AvgIpc) is 3.05. The fourth-order valence-corrected chi connectivity index (χ4v) is 4.36. The lowest BCUT2D eigenvalue weighted by atomic mass is 9.97. The second-order valence-electron chi connectivity index (χ2n) is 15.3. The SMILES string of the molecule is CC(C)c1ccc(C(C)C)cc1.CC(C)c1ccc(C(C)C)nc1.CC(C)c1cnc(C(C)C)nc1.CC(C)c1ncc(C(C)C)c(F)n1. The molecule has 0 N–H and O–H groups in total. The van der Waals surface area contributed by atoms with E-state index in [1.165, 1.54) is 27.9 Å². The molecule has 49 heavy (non-hydrogen) atoms. The van der Waals surface area contributed by atoms with Crippen LogP contribution >= 0.6 is 0 Å². The van der Waals surface area contributed by atoms with Crippen LogP contribution in [0.2, 0.25) is 0 Å². The lowest BCUT2D eigenvalue weighted by Crippen LogP contribution is -2.04. The van der Waals surface area contributed by atoms with Crippen LogP contribution in [-0.2, 0) is 0 Å². The van der Waals surface area contributed by atoms with E-state index in [0.717, 1.165) is 5.82 Å². The van der Waals surface area contributed by atoms with E-state index in [1.54, 1.807) is 6.20 Å². The van der Waals surface area contributed by atoms with Gasteiger partial charge in [-0.15, -0.1) is 0 Å². The zero-order valence-electron chi connectivity index (χ0n) is 33.5. The van der Waals surface area contributed by atoms with Gasteiger partial charge in [-0.25, -0.2) is 19.9 Å². The van der Waals surface area contributed by atoms with E-state index < -0.39 is 0 Å². The minimum atomic E-state index is -0.381. The van der Waals surface area contributed by atoms with E-state index in [9.17, 15) is 4.39 Å². The molecule has 0 atom stereocenters. The summed E-state index contributed by atoms with van der Waals surface area (Å²) in [4.78, 5) is 20.9. The van der Waals surface area contributed by atoms with Crippen molar-refractivity contribution in [2.45, 2.75) is 158 Å². The Labute approximate surface area is 299 Å². The maximum atomic E-state index is 13.3. The summed E-state index contributed by atoms with van der Waals surface area (Å²) in [6, 6.07) is 13.2. The van der Waals surface area contributed by atoms with Crippen LogP contribution in [-0.4, -0.2) is 24.9 Å². The van der Waals surface area contributed by atoms with Crippen molar-refractivity contribution in [2.24, 2.45) is 0 Å². The highest BCUT2D eigenvalue weighted by Crippen LogP contribution is 2.20. The van der Waals surface area contributed by atoms with Crippen LogP contribution in [0.4, 0.5) is 4.39 Å². The highest BCUT2D eigenvalue weighted by molar-refractivity contribution is 5.26. The minimum Gasteiger partial charge on any atom is -0.261 e. The molecule has 0 unspecified atom stereocenters. The topological polar surface area (TPSA) is 64.5 Å². The third-order valence-electron chi connectivity index (χ3n) is 8.14. The second kappa shape index (κ2) is 21.5. The van der Waals surface area contributed by atoms with Gasteiger partial charge in [0.15, 0.2) is 0 Å². The molecule has 0 amide bonds. The molecule has 0 bridgehead atoms. The first kappa shape index (κ1) is 43.5. The summed E-state index contributed by atoms with van der Waals surface area (Å²) in [6.45, 7) is 33.9. The molecule has 0 saturated carbocycles. The molecule has 0 fully saturated rings. The molecule has 3 heterocycles. The predicted molar refractivity (Wildman–Crippen MR) is 207 cm³/mol. The van der Waals surface area contributed by atoms with E-state index in [0.29, 0.717) is 46.9 Å². The van der Waals surface area contributed by atoms with Crippen molar-refractivity contribution in [3.05, 3.63) is 112 Å². The van der Waals surface area contributed by atoms with Crippen molar-refractivity contribution in [1.29, 1.82) is 0 Å². The summed E-state index contributed by atoms with van der Waals surface area (Å²) >= 11 is 0. The van der Waals surface area contributed by atoms with Gasteiger partial charge in [0.25, 0.3) is 0 Å². The largest absolute Gasteiger partial charge is 0.261 e. The van der Waals surface area contributed by atoms with Crippen molar-refractivity contribution >= 4 is 0 Å². The van der Waals surface area contributed by atoms with Crippen LogP contribution in [0.1, 0.15) is 203 Å². The molecule has 0 saturated heterocycles. The van der Waals surface area contributed by atoms with Crippen LogP contribution in [0.3, 0.4) is 0 Å². The van der Waals surface area contributed by atoms with Crippen LogP contribution in [0, 0.1) is 5.95 Å². The molecular formula is C43H66FN5. The molecule has 5 nitrogen and oxygen atoms in total. The molecule has 1 aromatic carbocycles. The first-order valence-corrected chi connectivity index (χ1v) is 18.2. The number of aromatic nitrogens is 5. The monoisotopic (exact) mass is 672 g/mol. The number of halogens is 1. The maximum Gasteiger partial charge on any atom is 0.219 e. The van der Waals surface area contributed by atoms with Crippen molar-refractivity contribution in [3.63, 3.8) is 0 Å². The van der Waals surface area contributed by atoms with Gasteiger partial charge in [0.2, 0.25) is 5.95 Å². The summed E-state index contributed by atoms with van der Waals surface area (Å²) in [5.41, 5.74) is 7.15. The van der Waals surface area contributed by atoms with Gasteiger partial charge in [-0.1, -0.05) is 141 Å². The minimum absolute atomic E-state index is 0.140. The number of pyridine rings is 1. The van der Waals surface area contributed by atoms with E-state index in [4.69, 9.17) is 0 Å². The third-order valence-corrected chi connectivity index (χ3v) is 8.14. The third kappa shape index (κ3) is 15.7. The smallest absolute Gasteiger partial charge is 0.219 e. The number of rotatable bonds is 8. The van der Waals surface area contributed by atoms with E-state index in [2.05, 4.69) is 144 Å². The molecule has 0 aliphatic rings. The maximum absolute atomic E-state index is 13.3. The predicted octanol–water partition coefficient (Wildman–Crippen LogP) is 12.8. The quantitative estimate of drug-likeness (QED) is 0.174. The summed E-state index contributed by atoms with van der Waals surface area (Å²) in [7, 11) is 0. The van der Waals surface area contributed by atoms with Crippen molar-refractivity contribution in [2.75, 3.05) is 0 Å². The fourth-order valence-electron chi connectivity index (χ4n) is 4.36. The zero-order chi connectivity index (χ0) is 37.4. The van der Waals surface area contributed by atoms with Crippen LogP contribution in [0.5, 0.6) is 0 Å². The molecule has 0 aliphatic heterocycles. The van der Waals surface area contributed by atoms with Gasteiger partial charge in [-0.05, 0) is 63.8 Å². The number of benzene rings is 1. The molecule has 6 heteroatoms. The number of hydrogen-bond donors (Lipinski definition) is 0. The van der Waals surface area contributed by atoms with Crippen LogP contribution in [0.15, 0.2) is 61.2 Å². The number of hydrogen-bond acceptors (Lipinski definition) is 5. The Morgan fingerprint density at radius 3 is 1.06 bits per heavy atom. The Morgan fingerprint density at radius 2 is 0.755 bits per heavy atom. The Balaban J connectivity index is 0.000000327. The first-order valence-electron chi connectivity index (χ1n) is 18.2. The normalized spacial score (nSPS) is 11.2. The summed E-state index contributed by atoms with van der Waals surface area (Å²) < 4.78 is 13.3. The molecule has 270 valence electrons. The van der Waals surface area contributed by atoms with Crippen LogP contribution in [0.25, 0.3) is 0 Å². The van der Waals surface area contributed by atoms with Gasteiger partial charge < -0.3 is 0 Å². The van der Waals surface area contributed by atoms with Gasteiger partial charge in [-0.3, -0.25) is 4.98 Å². The summed E-state index contributed by atoms with van der Waals surface area (Å²) in [6.07, 6.45) is 7.42. The molecular weight excluding hydrogens is 606 g/mol. The standard InChI is InChI=1S/C12H18.C11H17N.C10H15FN2.C10H16N2/c1-9(2)11-5-7-12(8-6-11)10(3)4;1-8(2)10-5-6-11(9(3)4)12-7-10;1-6(2)8-5-12-10(7(3)4)13-9(8)11;1-7(2)9-5-11-10(8(3)4)12-6-9/h5-10H,1-4H3;5-9H,1-4H3;5-7H,1-4H3;5-8H,1-4H3. The number of nitrogens with zero attached hydrogens (tertiary/aromatic N) is 5. The van der Waals surface area contributed by atoms with Crippen molar-refractivity contribution < 1.29 is 4.39 Å². The molecule has 4 rings (SSSR count). The Morgan fingerprint density at radius 1 is 0.367 bits per heavy atom. The fraction of sp³-hybridized carbons (Fsp3) is 0.558. The lowest BCUT2D eigenvalue weighted by Gasteiger charge is -2.08. The van der Waals surface area contributed by atoms with Gasteiger partial charge in [0, 0.05) is 47.9 Å². The Kier molecular flexibility index (Phi) is 19.1. The lowest BCUT2D eigenvalue weighted by molar-refractivity contribution is 0.536. The van der Waals surface area contributed by atoms with Crippen molar-refractivity contribution in [3.8, 4) is 0 Å². The Bertz CT molecular complexity index is 1240. The highest BCUT2D eigenvalue weighted by atomic mass is 19.1. The average molecular weight is 672 g/mol. The molecule has 0 radical (unpaired) electrons. The van der Waals surface area contributed by atoms with Crippen molar-refractivity contribution in [1.82, 2.24) is 24.9 Å². The zero-order valence-corrected chi connectivity index (χ0v) is 33.5. The Hall–Kier alpha value is -3.54. The van der Waals surface area contributed by atoms with Gasteiger partial charge in [0.05, 0.1) is 0 Å². The molecule has 0 aliphatic carbocycles. The first-order chi connectivity index (χ1) is 22.8. The molecule has 3 aromatic heterocycles. The molecule has 0 spiro atoms. The van der Waals surface area contributed by atoms with E-state index >= 15 is 0 Å². The van der Waals surface area contributed by atoms with Gasteiger partial charge in [0.1, 0.15) is 11.6 Å². The highest BCUT2D eigenvalue weighted by Gasteiger charge is 2.11. The van der Waals surface area contributed by atoms with Gasteiger partial charge in [-0.2, -0.15) is 4.39 Å². The van der Waals surface area contributed by atoms with E-state index in [1.807, 2.05) is 46.3 Å². The summed E-state index contributed by atoms with van der Waals surface area (Å²) in [5, 5.41) is 0.